The van der Waals surface area contributed by atoms with Gasteiger partial charge in [0.2, 0.25) is 5.91 Å². The quantitative estimate of drug-likeness (QED) is 0.456. The van der Waals surface area contributed by atoms with Crippen molar-refractivity contribution in [2.45, 2.75) is 12.2 Å². The van der Waals surface area contributed by atoms with Gasteiger partial charge in [-0.05, 0) is 0 Å². The molecule has 2 amide bonds. The van der Waals surface area contributed by atoms with E-state index in [0.717, 1.165) is 0 Å². The lowest BCUT2D eigenvalue weighted by atomic mass is 10.1. The fraction of sp³-hybridized carbons (Fsp3) is 0.400. The second-order valence-electron chi connectivity index (χ2n) is 3.11. The van der Waals surface area contributed by atoms with Crippen molar-refractivity contribution in [3.05, 3.63) is 25.3 Å². The molecule has 6 heteroatoms. The van der Waals surface area contributed by atoms with Crippen LogP contribution in [-0.2, 0) is 9.59 Å². The molecule has 0 spiro atoms. The highest BCUT2D eigenvalue weighted by Gasteiger charge is 2.31. The molecule has 0 aliphatic rings. The molecule has 0 aromatic rings. The van der Waals surface area contributed by atoms with E-state index in [9.17, 15) is 14.7 Å². The van der Waals surface area contributed by atoms with Crippen LogP contribution in [0.3, 0.4) is 0 Å². The zero-order valence-corrected chi connectivity index (χ0v) is 8.87. The van der Waals surface area contributed by atoms with Crippen molar-refractivity contribution in [2.75, 3.05) is 13.1 Å². The predicted octanol–water partition coefficient (Wildman–Crippen LogP) is -1.61. The first kappa shape index (κ1) is 14.3. The molecule has 0 rings (SSSR count). The highest BCUT2D eigenvalue weighted by molar-refractivity contribution is 5.90. The Bertz CT molecular complexity index is 281. The first-order valence-electron chi connectivity index (χ1n) is 4.61. The third-order valence-electron chi connectivity index (χ3n) is 1.85. The topological polar surface area (TPSA) is 104 Å². The van der Waals surface area contributed by atoms with Crippen LogP contribution in [0.15, 0.2) is 25.3 Å². The van der Waals surface area contributed by atoms with Gasteiger partial charge in [0.05, 0.1) is 0 Å². The number of nitrogens with zero attached hydrogens (tertiary/aromatic N) is 1. The van der Waals surface area contributed by atoms with E-state index in [0.29, 0.717) is 0 Å². The molecule has 2 unspecified atom stereocenters. The van der Waals surface area contributed by atoms with E-state index in [1.165, 1.54) is 17.1 Å². The zero-order valence-electron chi connectivity index (χ0n) is 8.87. The van der Waals surface area contributed by atoms with Crippen molar-refractivity contribution in [3.8, 4) is 0 Å². The molecule has 0 heterocycles. The van der Waals surface area contributed by atoms with E-state index in [1.807, 2.05) is 0 Å². The maximum atomic E-state index is 11.6. The Morgan fingerprint density at radius 2 is 1.62 bits per heavy atom. The molecule has 90 valence electrons. The molecule has 4 N–H and O–H groups in total. The number of aliphatic hydroxyl groups excluding tert-OH is 2. The monoisotopic (exact) mass is 228 g/mol. The first-order valence-corrected chi connectivity index (χ1v) is 4.61. The van der Waals surface area contributed by atoms with Gasteiger partial charge in [-0.3, -0.25) is 9.59 Å². The average molecular weight is 228 g/mol. The Kier molecular flexibility index (Phi) is 6.06. The van der Waals surface area contributed by atoms with Gasteiger partial charge in [0, 0.05) is 13.1 Å². The molecule has 6 nitrogen and oxygen atoms in total. The van der Waals surface area contributed by atoms with Crippen molar-refractivity contribution in [1.82, 2.24) is 4.90 Å². The number of nitrogens with two attached hydrogens (primary N) is 1. The minimum absolute atomic E-state index is 0.174. The number of carbonyl (C=O) groups is 2. The minimum atomic E-state index is -1.91. The summed E-state index contributed by atoms with van der Waals surface area (Å²) in [5.41, 5.74) is 4.76. The van der Waals surface area contributed by atoms with Gasteiger partial charge in [-0.1, -0.05) is 12.2 Å². The number of hydrogen-bond acceptors (Lipinski definition) is 4. The molecule has 0 saturated carbocycles. The highest BCUT2D eigenvalue weighted by Crippen LogP contribution is 2.01. The minimum Gasteiger partial charge on any atom is -0.380 e. The summed E-state index contributed by atoms with van der Waals surface area (Å²) < 4.78 is 0. The van der Waals surface area contributed by atoms with E-state index in [1.54, 1.807) is 0 Å². The van der Waals surface area contributed by atoms with Crippen LogP contribution in [0.4, 0.5) is 0 Å². The van der Waals surface area contributed by atoms with Crippen LogP contribution >= 0.6 is 0 Å². The zero-order chi connectivity index (χ0) is 12.7. The second-order valence-corrected chi connectivity index (χ2v) is 3.11. The number of carbonyl (C=O) groups excluding carboxylic acids is 2. The molecule has 0 bridgehead atoms. The van der Waals surface area contributed by atoms with Gasteiger partial charge in [0.25, 0.3) is 5.91 Å². The van der Waals surface area contributed by atoms with Gasteiger partial charge in [-0.25, -0.2) is 0 Å². The predicted molar refractivity (Wildman–Crippen MR) is 58.2 cm³/mol. The van der Waals surface area contributed by atoms with Crippen LogP contribution < -0.4 is 5.73 Å². The highest BCUT2D eigenvalue weighted by atomic mass is 16.3. The van der Waals surface area contributed by atoms with Gasteiger partial charge >= 0.3 is 0 Å². The molecule has 0 aromatic heterocycles. The normalized spacial score (nSPS) is 13.6. The molecule has 0 aliphatic carbocycles. The SMILES string of the molecule is C=CCN(CC=C)C(=O)C(O)C(O)C(N)=O. The van der Waals surface area contributed by atoms with E-state index >= 15 is 0 Å². The van der Waals surface area contributed by atoms with Gasteiger partial charge in [-0.15, -0.1) is 13.2 Å². The fourth-order valence-corrected chi connectivity index (χ4v) is 1.04. The molecule has 16 heavy (non-hydrogen) atoms. The summed E-state index contributed by atoms with van der Waals surface area (Å²) in [6.07, 6.45) is -0.878. The van der Waals surface area contributed by atoms with Crippen molar-refractivity contribution in [1.29, 1.82) is 0 Å². The third-order valence-corrected chi connectivity index (χ3v) is 1.85. The van der Waals surface area contributed by atoms with Crippen molar-refractivity contribution in [3.63, 3.8) is 0 Å². The van der Waals surface area contributed by atoms with Crippen LogP contribution in [0.1, 0.15) is 0 Å². The lowest BCUT2D eigenvalue weighted by Gasteiger charge is -2.23. The Hall–Kier alpha value is -1.66. The number of primary amides is 1. The number of hydrogen-bond donors (Lipinski definition) is 3. The summed E-state index contributed by atoms with van der Waals surface area (Å²) in [5.74, 6) is -1.95. The fourth-order valence-electron chi connectivity index (χ4n) is 1.04. The standard InChI is InChI=1S/C10H16N2O4/c1-3-5-12(6-4-2)10(16)8(14)7(13)9(11)15/h3-4,7-8,13-14H,1-2,5-6H2,(H2,11,15). The summed E-state index contributed by atoms with van der Waals surface area (Å²) in [4.78, 5) is 23.3. The first-order chi connectivity index (χ1) is 7.45. The van der Waals surface area contributed by atoms with Crippen molar-refractivity contribution >= 4 is 11.8 Å². The Morgan fingerprint density at radius 1 is 1.19 bits per heavy atom. The summed E-state index contributed by atoms with van der Waals surface area (Å²) in [6, 6.07) is 0. The second kappa shape index (κ2) is 6.76. The van der Waals surface area contributed by atoms with Crippen LogP contribution in [0, 0.1) is 0 Å². The third kappa shape index (κ3) is 3.84. The smallest absolute Gasteiger partial charge is 0.255 e. The number of amides is 2. The van der Waals surface area contributed by atoms with E-state index in [2.05, 4.69) is 13.2 Å². The van der Waals surface area contributed by atoms with E-state index in [-0.39, 0.29) is 13.1 Å². The molecule has 0 aliphatic heterocycles. The van der Waals surface area contributed by atoms with E-state index in [4.69, 9.17) is 10.8 Å². The Morgan fingerprint density at radius 3 is 1.94 bits per heavy atom. The summed E-state index contributed by atoms with van der Waals surface area (Å²) in [7, 11) is 0. The van der Waals surface area contributed by atoms with Crippen LogP contribution in [0.25, 0.3) is 0 Å². The summed E-state index contributed by atoms with van der Waals surface area (Å²) in [6.45, 7) is 7.23. The largest absolute Gasteiger partial charge is 0.380 e. The van der Waals surface area contributed by atoms with Gasteiger partial charge in [0.15, 0.2) is 12.2 Å². The van der Waals surface area contributed by atoms with Crippen LogP contribution in [-0.4, -0.2) is 52.2 Å². The average Bonchev–Trinajstić information content (AvgIpc) is 2.25. The van der Waals surface area contributed by atoms with Gasteiger partial charge < -0.3 is 20.8 Å². The van der Waals surface area contributed by atoms with Crippen LogP contribution in [0.2, 0.25) is 0 Å². The van der Waals surface area contributed by atoms with Crippen LogP contribution in [0.5, 0.6) is 0 Å². The van der Waals surface area contributed by atoms with Gasteiger partial charge in [-0.2, -0.15) is 0 Å². The van der Waals surface area contributed by atoms with E-state index < -0.39 is 24.0 Å². The summed E-state index contributed by atoms with van der Waals surface area (Å²) >= 11 is 0. The molecule has 0 saturated heterocycles. The lowest BCUT2D eigenvalue weighted by Crippen LogP contribution is -2.49. The molecule has 2 atom stereocenters. The maximum absolute atomic E-state index is 11.6. The number of rotatable bonds is 7. The van der Waals surface area contributed by atoms with Crippen molar-refractivity contribution in [2.24, 2.45) is 5.73 Å². The Labute approximate surface area is 93.7 Å². The molecular formula is C10H16N2O4. The maximum Gasteiger partial charge on any atom is 0.255 e. The molecule has 0 fully saturated rings. The van der Waals surface area contributed by atoms with Crippen molar-refractivity contribution < 1.29 is 19.8 Å². The summed E-state index contributed by atoms with van der Waals surface area (Å²) in [5, 5.41) is 18.5. The molecular weight excluding hydrogens is 212 g/mol. The Balaban J connectivity index is 4.64. The lowest BCUT2D eigenvalue weighted by molar-refractivity contribution is -0.151. The van der Waals surface area contributed by atoms with Gasteiger partial charge in [0.1, 0.15) is 0 Å². The molecule has 0 radical (unpaired) electrons. The molecule has 0 aromatic carbocycles. The number of aliphatic hydroxyl groups is 2.